The Kier molecular flexibility index (Phi) is 6.02. The number of rotatable bonds is 7. The Labute approximate surface area is 180 Å². The molecule has 0 radical (unpaired) electrons. The Morgan fingerprint density at radius 2 is 1.80 bits per heavy atom. The van der Waals surface area contributed by atoms with Crippen LogP contribution in [0, 0.1) is 0 Å². The zero-order chi connectivity index (χ0) is 21.1. The highest BCUT2D eigenvalue weighted by Crippen LogP contribution is 2.26. The molecule has 0 spiro atoms. The van der Waals surface area contributed by atoms with Crippen LogP contribution in [0.5, 0.6) is 5.75 Å². The molecule has 0 aliphatic carbocycles. The summed E-state index contributed by atoms with van der Waals surface area (Å²) in [6, 6.07) is 20.5. The lowest BCUT2D eigenvalue weighted by atomic mass is 9.98. The minimum atomic E-state index is -0.340. The molecule has 4 nitrogen and oxygen atoms in total. The van der Waals surface area contributed by atoms with Crippen LogP contribution in [0.2, 0.25) is 0 Å². The lowest BCUT2D eigenvalue weighted by Gasteiger charge is -2.16. The van der Waals surface area contributed by atoms with Crippen LogP contribution < -0.4 is 15.7 Å². The van der Waals surface area contributed by atoms with E-state index >= 15 is 0 Å². The van der Waals surface area contributed by atoms with Gasteiger partial charge in [0.15, 0.2) is 0 Å². The predicted molar refractivity (Wildman–Crippen MR) is 121 cm³/mol. The Morgan fingerprint density at radius 3 is 2.47 bits per heavy atom. The summed E-state index contributed by atoms with van der Waals surface area (Å²) < 4.78 is 10.7. The second-order valence-corrected chi connectivity index (χ2v) is 8.69. The van der Waals surface area contributed by atoms with Crippen LogP contribution in [-0.4, -0.2) is 7.11 Å². The highest BCUT2D eigenvalue weighted by atomic mass is 32.1. The molecule has 2 aromatic carbocycles. The molecule has 0 saturated heterocycles. The quantitative estimate of drug-likeness (QED) is 0.435. The highest BCUT2D eigenvalue weighted by molar-refractivity contribution is 7.10. The molecule has 30 heavy (non-hydrogen) atoms. The van der Waals surface area contributed by atoms with E-state index in [4.69, 9.17) is 9.15 Å². The molecule has 0 amide bonds. The Bertz CT molecular complexity index is 1180. The van der Waals surface area contributed by atoms with Crippen molar-refractivity contribution in [2.24, 2.45) is 0 Å². The standard InChI is InChI=1S/C25H25NO3S/c1-16(2)17-6-8-18(9-7-17)25(23-5-4-12-30-23)26-15-19-13-24(27)29-22-14-20(28-3)10-11-21(19)22/h4-14,16,25-26H,15H2,1-3H3/p+1/t25-/m0/s1. The molecular formula is C25H26NO3S+. The lowest BCUT2D eigenvalue weighted by molar-refractivity contribution is -0.701. The first-order valence-electron chi connectivity index (χ1n) is 10.1. The summed E-state index contributed by atoms with van der Waals surface area (Å²) in [5.74, 6) is 1.18. The van der Waals surface area contributed by atoms with Gasteiger partial charge in [-0.3, -0.25) is 0 Å². The molecule has 5 heteroatoms. The normalized spacial score (nSPS) is 12.4. The van der Waals surface area contributed by atoms with E-state index < -0.39 is 0 Å². The number of ether oxygens (including phenoxy) is 1. The van der Waals surface area contributed by atoms with E-state index in [-0.39, 0.29) is 11.7 Å². The average Bonchev–Trinajstić information content (AvgIpc) is 3.28. The maximum Gasteiger partial charge on any atom is 0.336 e. The van der Waals surface area contributed by atoms with Crippen LogP contribution >= 0.6 is 11.3 Å². The van der Waals surface area contributed by atoms with Gasteiger partial charge < -0.3 is 14.5 Å². The second kappa shape index (κ2) is 8.86. The molecule has 2 N–H and O–H groups in total. The molecule has 2 aromatic heterocycles. The van der Waals surface area contributed by atoms with E-state index in [2.05, 4.69) is 60.9 Å². The van der Waals surface area contributed by atoms with Crippen LogP contribution in [0.3, 0.4) is 0 Å². The second-order valence-electron chi connectivity index (χ2n) is 7.71. The monoisotopic (exact) mass is 420 g/mol. The summed E-state index contributed by atoms with van der Waals surface area (Å²) in [6.07, 6.45) is 0. The molecule has 2 heterocycles. The summed E-state index contributed by atoms with van der Waals surface area (Å²) in [5, 5.41) is 5.33. The number of quaternary nitrogens is 1. The first kappa shape index (κ1) is 20.4. The van der Waals surface area contributed by atoms with Crippen LogP contribution in [0.1, 0.15) is 47.4 Å². The molecule has 4 aromatic rings. The van der Waals surface area contributed by atoms with Gasteiger partial charge in [-0.15, -0.1) is 11.3 Å². The number of methoxy groups -OCH3 is 1. The van der Waals surface area contributed by atoms with E-state index in [0.29, 0.717) is 23.8 Å². The summed E-state index contributed by atoms with van der Waals surface area (Å²) in [6.45, 7) is 5.08. The van der Waals surface area contributed by atoms with Crippen molar-refractivity contribution in [3.05, 3.63) is 98.0 Å². The number of nitrogens with two attached hydrogens (primary N) is 1. The molecule has 154 valence electrons. The van der Waals surface area contributed by atoms with Crippen LogP contribution in [0.4, 0.5) is 0 Å². The SMILES string of the molecule is COc1ccc2c(C[NH2+][C@@H](c3ccc(C(C)C)cc3)c3cccs3)cc(=O)oc2c1. The van der Waals surface area contributed by atoms with Gasteiger partial charge in [0.1, 0.15) is 23.9 Å². The van der Waals surface area contributed by atoms with E-state index in [9.17, 15) is 4.79 Å². The molecule has 0 unspecified atom stereocenters. The molecule has 0 aliphatic heterocycles. The van der Waals surface area contributed by atoms with Gasteiger partial charge >= 0.3 is 5.63 Å². The average molecular weight is 421 g/mol. The Hall–Kier alpha value is -2.89. The highest BCUT2D eigenvalue weighted by Gasteiger charge is 2.20. The smallest absolute Gasteiger partial charge is 0.336 e. The van der Waals surface area contributed by atoms with Crippen molar-refractivity contribution in [1.29, 1.82) is 0 Å². The largest absolute Gasteiger partial charge is 0.497 e. The van der Waals surface area contributed by atoms with Crippen molar-refractivity contribution in [3.8, 4) is 5.75 Å². The van der Waals surface area contributed by atoms with Crippen molar-refractivity contribution < 1.29 is 14.5 Å². The summed E-state index contributed by atoms with van der Waals surface area (Å²) in [5.41, 5.74) is 3.77. The Balaban J connectivity index is 1.66. The van der Waals surface area contributed by atoms with E-state index in [1.807, 2.05) is 12.1 Å². The van der Waals surface area contributed by atoms with Crippen molar-refractivity contribution >= 4 is 22.3 Å². The van der Waals surface area contributed by atoms with Gasteiger partial charge in [-0.05, 0) is 35.1 Å². The van der Waals surface area contributed by atoms with Gasteiger partial charge in [-0.25, -0.2) is 4.79 Å². The molecule has 1 atom stereocenters. The van der Waals surface area contributed by atoms with Gasteiger partial charge in [0.05, 0.1) is 12.0 Å². The van der Waals surface area contributed by atoms with E-state index in [1.54, 1.807) is 30.6 Å². The van der Waals surface area contributed by atoms with Crippen molar-refractivity contribution in [1.82, 2.24) is 0 Å². The number of thiophene rings is 1. The summed E-state index contributed by atoms with van der Waals surface area (Å²) in [4.78, 5) is 13.4. The van der Waals surface area contributed by atoms with Gasteiger partial charge in [-0.2, -0.15) is 0 Å². The fraction of sp³-hybridized carbons (Fsp3) is 0.240. The minimum absolute atomic E-state index is 0.173. The Morgan fingerprint density at radius 1 is 1.03 bits per heavy atom. The van der Waals surface area contributed by atoms with Crippen LogP contribution in [-0.2, 0) is 6.54 Å². The third kappa shape index (κ3) is 4.32. The van der Waals surface area contributed by atoms with Crippen LogP contribution in [0.15, 0.2) is 75.3 Å². The van der Waals surface area contributed by atoms with E-state index in [1.165, 1.54) is 16.0 Å². The maximum absolute atomic E-state index is 12.1. The zero-order valence-corrected chi connectivity index (χ0v) is 18.2. The zero-order valence-electron chi connectivity index (χ0n) is 17.4. The third-order valence-electron chi connectivity index (χ3n) is 5.42. The van der Waals surface area contributed by atoms with Crippen molar-refractivity contribution in [3.63, 3.8) is 0 Å². The lowest BCUT2D eigenvalue weighted by Crippen LogP contribution is -2.83. The fourth-order valence-electron chi connectivity index (χ4n) is 3.72. The third-order valence-corrected chi connectivity index (χ3v) is 6.38. The molecule has 4 rings (SSSR count). The predicted octanol–water partition coefficient (Wildman–Crippen LogP) is 4.84. The molecular weight excluding hydrogens is 394 g/mol. The molecule has 0 bridgehead atoms. The number of hydrogen-bond donors (Lipinski definition) is 1. The summed E-state index contributed by atoms with van der Waals surface area (Å²) in [7, 11) is 1.60. The van der Waals surface area contributed by atoms with Gasteiger partial charge in [-0.1, -0.05) is 44.2 Å². The number of benzene rings is 2. The summed E-state index contributed by atoms with van der Waals surface area (Å²) >= 11 is 1.76. The van der Waals surface area contributed by atoms with Gasteiger partial charge in [0.2, 0.25) is 0 Å². The number of hydrogen-bond acceptors (Lipinski definition) is 4. The molecule has 0 aliphatic rings. The van der Waals surface area contributed by atoms with Crippen molar-refractivity contribution in [2.75, 3.05) is 7.11 Å². The first-order valence-corrected chi connectivity index (χ1v) is 11.0. The van der Waals surface area contributed by atoms with Gasteiger partial charge in [0.25, 0.3) is 0 Å². The topological polar surface area (TPSA) is 56.0 Å². The minimum Gasteiger partial charge on any atom is -0.497 e. The fourth-order valence-corrected chi connectivity index (χ4v) is 4.57. The van der Waals surface area contributed by atoms with E-state index in [0.717, 1.165) is 10.9 Å². The first-order chi connectivity index (χ1) is 14.5. The van der Waals surface area contributed by atoms with Crippen LogP contribution in [0.25, 0.3) is 11.0 Å². The van der Waals surface area contributed by atoms with Gasteiger partial charge in [0, 0.05) is 28.6 Å². The molecule has 0 saturated carbocycles. The number of fused-ring (bicyclic) bond motifs is 1. The maximum atomic E-state index is 12.1. The molecule has 0 fully saturated rings. The van der Waals surface area contributed by atoms with Crippen molar-refractivity contribution in [2.45, 2.75) is 32.4 Å².